The normalized spacial score (nSPS) is 22.4. The molecule has 1 atom stereocenters. The maximum atomic E-state index is 4.68. The number of hydrogen-bond donors (Lipinski definition) is 0. The van der Waals surface area contributed by atoms with Gasteiger partial charge in [0.15, 0.2) is 0 Å². The van der Waals surface area contributed by atoms with Crippen molar-refractivity contribution < 1.29 is 0 Å². The van der Waals surface area contributed by atoms with Crippen molar-refractivity contribution >= 4 is 17.4 Å². The summed E-state index contributed by atoms with van der Waals surface area (Å²) >= 11 is 0. The number of aliphatic imine (C=N–C) groups is 1. The summed E-state index contributed by atoms with van der Waals surface area (Å²) in [5.41, 5.74) is 10.2. The van der Waals surface area contributed by atoms with Gasteiger partial charge in [0, 0.05) is 18.7 Å². The van der Waals surface area contributed by atoms with E-state index in [-0.39, 0.29) is 0 Å². The number of aryl methyl sites for hydroxylation is 1. The first-order chi connectivity index (χ1) is 12.7. The highest BCUT2D eigenvalue weighted by molar-refractivity contribution is 6.11. The third kappa shape index (κ3) is 3.92. The molecule has 0 radical (unpaired) electrons. The molecule has 1 unspecified atom stereocenters. The zero-order valence-corrected chi connectivity index (χ0v) is 16.5. The van der Waals surface area contributed by atoms with Crippen LogP contribution >= 0.6 is 0 Å². The van der Waals surface area contributed by atoms with Crippen LogP contribution in [0.4, 0.5) is 0 Å². The molecule has 0 amide bonds. The van der Waals surface area contributed by atoms with Gasteiger partial charge in [-0.3, -0.25) is 4.99 Å². The molecule has 2 saturated carbocycles. The van der Waals surface area contributed by atoms with Crippen molar-refractivity contribution in [3.8, 4) is 0 Å². The van der Waals surface area contributed by atoms with E-state index in [4.69, 9.17) is 0 Å². The van der Waals surface area contributed by atoms with Crippen LogP contribution in [-0.2, 0) is 0 Å². The smallest absolute Gasteiger partial charge is 0.0455 e. The van der Waals surface area contributed by atoms with E-state index in [2.05, 4.69) is 62.3 Å². The van der Waals surface area contributed by atoms with Gasteiger partial charge in [0.05, 0.1) is 0 Å². The number of allylic oxidation sites excluding steroid dienone is 5. The first-order valence-electron chi connectivity index (χ1n) is 10.3. The van der Waals surface area contributed by atoms with Crippen LogP contribution in [0.5, 0.6) is 0 Å². The molecule has 1 aliphatic heterocycles. The van der Waals surface area contributed by atoms with Gasteiger partial charge in [0.25, 0.3) is 0 Å². The zero-order chi connectivity index (χ0) is 18.1. The lowest BCUT2D eigenvalue weighted by molar-refractivity contribution is 0.581. The van der Waals surface area contributed by atoms with Gasteiger partial charge in [-0.2, -0.15) is 0 Å². The second kappa shape index (κ2) is 7.39. The van der Waals surface area contributed by atoms with Gasteiger partial charge in [0.2, 0.25) is 0 Å². The van der Waals surface area contributed by atoms with Crippen LogP contribution in [-0.4, -0.2) is 12.8 Å². The van der Waals surface area contributed by atoms with Crippen LogP contribution in [0.2, 0.25) is 0 Å². The summed E-state index contributed by atoms with van der Waals surface area (Å²) in [6.45, 7) is 7.76. The molecule has 0 saturated heterocycles. The molecule has 0 spiro atoms. The lowest BCUT2D eigenvalue weighted by atomic mass is 9.90. The molecule has 4 rings (SSSR count). The van der Waals surface area contributed by atoms with Crippen molar-refractivity contribution in [2.75, 3.05) is 6.54 Å². The van der Waals surface area contributed by atoms with E-state index in [1.54, 1.807) is 11.1 Å². The molecule has 2 aliphatic carbocycles. The molecule has 26 heavy (non-hydrogen) atoms. The van der Waals surface area contributed by atoms with Crippen LogP contribution in [0.25, 0.3) is 11.1 Å². The fourth-order valence-electron chi connectivity index (χ4n) is 4.10. The molecule has 1 heteroatoms. The highest BCUT2D eigenvalue weighted by Gasteiger charge is 2.30. The SMILES string of the molecule is CCC(C/C=C(\C)c1ccc(C)c(C2=CC(C3CC3)CN=C2)c1)=C1CC1. The molecular weight excluding hydrogens is 314 g/mol. The Bertz CT molecular complexity index is 809. The predicted octanol–water partition coefficient (Wildman–Crippen LogP) is 6.78. The van der Waals surface area contributed by atoms with Crippen molar-refractivity contribution in [1.82, 2.24) is 0 Å². The minimum Gasteiger partial charge on any atom is -0.292 e. The summed E-state index contributed by atoms with van der Waals surface area (Å²) in [7, 11) is 0. The number of rotatable bonds is 6. The topological polar surface area (TPSA) is 12.4 Å². The van der Waals surface area contributed by atoms with Gasteiger partial charge >= 0.3 is 0 Å². The second-order valence-corrected chi connectivity index (χ2v) is 8.30. The van der Waals surface area contributed by atoms with Gasteiger partial charge in [-0.15, -0.1) is 0 Å². The highest BCUT2D eigenvalue weighted by Crippen LogP contribution is 2.40. The summed E-state index contributed by atoms with van der Waals surface area (Å²) in [4.78, 5) is 4.68. The summed E-state index contributed by atoms with van der Waals surface area (Å²) in [5.74, 6) is 1.54. The summed E-state index contributed by atoms with van der Waals surface area (Å²) in [5, 5.41) is 0. The van der Waals surface area contributed by atoms with Gasteiger partial charge in [0.1, 0.15) is 0 Å². The summed E-state index contributed by atoms with van der Waals surface area (Å²) in [6.07, 6.45) is 14.8. The van der Waals surface area contributed by atoms with Crippen LogP contribution in [0.3, 0.4) is 0 Å². The third-order valence-corrected chi connectivity index (χ3v) is 6.25. The maximum absolute atomic E-state index is 4.68. The second-order valence-electron chi connectivity index (χ2n) is 8.30. The van der Waals surface area contributed by atoms with E-state index in [0.29, 0.717) is 5.92 Å². The molecule has 1 aromatic carbocycles. The minimum atomic E-state index is 0.659. The molecule has 1 aromatic rings. The predicted molar refractivity (Wildman–Crippen MR) is 114 cm³/mol. The van der Waals surface area contributed by atoms with Crippen molar-refractivity contribution in [3.05, 3.63) is 58.2 Å². The Hall–Kier alpha value is -1.89. The Morgan fingerprint density at radius 2 is 2.04 bits per heavy atom. The third-order valence-electron chi connectivity index (χ3n) is 6.25. The standard InChI is InChI=1S/C25H31N/c1-4-19(20-9-10-20)7-5-17(2)22-8-6-18(3)25(14-22)24-13-23(15-26-16-24)21-11-12-21/h5-6,8,13-14,16,21,23H,4,7,9-12,15H2,1-3H3/b17-5+. The molecule has 0 aromatic heterocycles. The molecule has 0 N–H and O–H groups in total. The lowest BCUT2D eigenvalue weighted by Gasteiger charge is -2.18. The number of hydrogen-bond acceptors (Lipinski definition) is 1. The van der Waals surface area contributed by atoms with E-state index < -0.39 is 0 Å². The molecule has 136 valence electrons. The van der Waals surface area contributed by atoms with Crippen molar-refractivity contribution in [1.29, 1.82) is 0 Å². The van der Waals surface area contributed by atoms with Gasteiger partial charge < -0.3 is 0 Å². The minimum absolute atomic E-state index is 0.659. The molecule has 1 heterocycles. The van der Waals surface area contributed by atoms with E-state index >= 15 is 0 Å². The summed E-state index contributed by atoms with van der Waals surface area (Å²) in [6, 6.07) is 6.93. The largest absolute Gasteiger partial charge is 0.292 e. The van der Waals surface area contributed by atoms with E-state index in [0.717, 1.165) is 18.9 Å². The number of benzene rings is 1. The van der Waals surface area contributed by atoms with E-state index in [1.807, 2.05) is 0 Å². The molecular formula is C25H31N. The van der Waals surface area contributed by atoms with Crippen LogP contribution in [0.15, 0.2) is 46.5 Å². The maximum Gasteiger partial charge on any atom is 0.0455 e. The van der Waals surface area contributed by atoms with Crippen LogP contribution in [0, 0.1) is 18.8 Å². The molecule has 3 aliphatic rings. The van der Waals surface area contributed by atoms with Crippen molar-refractivity contribution in [2.45, 2.75) is 59.3 Å². The van der Waals surface area contributed by atoms with Crippen molar-refractivity contribution in [3.63, 3.8) is 0 Å². The van der Waals surface area contributed by atoms with E-state index in [9.17, 15) is 0 Å². The Kier molecular flexibility index (Phi) is 4.98. The van der Waals surface area contributed by atoms with Crippen LogP contribution in [0.1, 0.15) is 69.1 Å². The lowest BCUT2D eigenvalue weighted by Crippen LogP contribution is -2.10. The van der Waals surface area contributed by atoms with Gasteiger partial charge in [-0.25, -0.2) is 0 Å². The average molecular weight is 346 g/mol. The van der Waals surface area contributed by atoms with Crippen molar-refractivity contribution in [2.24, 2.45) is 16.8 Å². The quantitative estimate of drug-likeness (QED) is 0.504. The average Bonchev–Trinajstić information content (AvgIpc) is 3.56. The monoisotopic (exact) mass is 345 g/mol. The van der Waals surface area contributed by atoms with Crippen LogP contribution < -0.4 is 0 Å². The first-order valence-corrected chi connectivity index (χ1v) is 10.3. The van der Waals surface area contributed by atoms with Gasteiger partial charge in [-0.1, -0.05) is 42.4 Å². The molecule has 0 bridgehead atoms. The fraction of sp³-hybridized carbons (Fsp3) is 0.480. The Morgan fingerprint density at radius 1 is 1.23 bits per heavy atom. The summed E-state index contributed by atoms with van der Waals surface area (Å²) < 4.78 is 0. The first kappa shape index (κ1) is 17.5. The Morgan fingerprint density at radius 3 is 2.73 bits per heavy atom. The van der Waals surface area contributed by atoms with Gasteiger partial charge in [-0.05, 0) is 92.2 Å². The van der Waals surface area contributed by atoms with E-state index in [1.165, 1.54) is 59.9 Å². The Balaban J connectivity index is 1.57. The zero-order valence-electron chi connectivity index (χ0n) is 16.5. The Labute approximate surface area is 158 Å². The number of dihydropyridines is 1. The molecule has 1 nitrogen and oxygen atoms in total. The fourth-order valence-corrected chi connectivity index (χ4v) is 4.10. The molecule has 2 fully saturated rings. The number of nitrogens with zero attached hydrogens (tertiary/aromatic N) is 1. The highest BCUT2D eigenvalue weighted by atomic mass is 14.7.